The molecule has 1 unspecified atom stereocenters. The highest BCUT2D eigenvalue weighted by Crippen LogP contribution is 2.65. The first-order chi connectivity index (χ1) is 16.0. The zero-order valence-electron chi connectivity index (χ0n) is 20.4. The molecule has 0 aromatic carbocycles. The average Bonchev–Trinajstić information content (AvgIpc) is 3.28. The number of carbonyl (C=O) groups is 4. The number of esters is 3. The summed E-state index contributed by atoms with van der Waals surface area (Å²) in [5, 5.41) is 0. The third kappa shape index (κ3) is 3.93. The smallest absolute Gasteiger partial charge is 0.362 e. The maximum Gasteiger partial charge on any atom is 0.362 e. The van der Waals surface area contributed by atoms with E-state index in [1.807, 2.05) is 27.9 Å². The van der Waals surface area contributed by atoms with E-state index >= 15 is 0 Å². The Hall–Kier alpha value is -2.68. The monoisotopic (exact) mass is 476 g/mol. The first-order valence-corrected chi connectivity index (χ1v) is 11.8. The van der Waals surface area contributed by atoms with Crippen molar-refractivity contribution in [3.8, 4) is 0 Å². The number of fused-ring (bicyclic) bond motifs is 3. The fourth-order valence-electron chi connectivity index (χ4n) is 6.75. The molecule has 2 saturated carbocycles. The zero-order chi connectivity index (χ0) is 24.8. The van der Waals surface area contributed by atoms with Crippen molar-refractivity contribution in [1.82, 2.24) is 0 Å². The van der Waals surface area contributed by atoms with Gasteiger partial charge in [0.1, 0.15) is 6.10 Å². The molecule has 0 radical (unpaired) electrons. The van der Waals surface area contributed by atoms with E-state index in [0.717, 1.165) is 10.5 Å². The second kappa shape index (κ2) is 8.83. The van der Waals surface area contributed by atoms with Crippen LogP contribution in [0.2, 0.25) is 0 Å². The molecule has 1 N–H and O–H groups in total. The van der Waals surface area contributed by atoms with Crippen LogP contribution in [0.4, 0.5) is 0 Å². The summed E-state index contributed by atoms with van der Waals surface area (Å²) in [6.45, 7) is 3.98. The Morgan fingerprint density at radius 3 is 2.56 bits per heavy atom. The molecule has 0 amide bonds. The summed E-state index contributed by atoms with van der Waals surface area (Å²) in [5.74, 6) is -3.29. The number of furan rings is 1. The number of nitrogens with one attached hydrogen (secondary N) is 1. The molecule has 0 spiro atoms. The Kier molecular flexibility index (Phi) is 6.35. The van der Waals surface area contributed by atoms with Crippen molar-refractivity contribution in [3.05, 3.63) is 24.2 Å². The summed E-state index contributed by atoms with van der Waals surface area (Å²) in [6.07, 6.45) is 2.94. The lowest BCUT2D eigenvalue weighted by Gasteiger charge is -2.61. The SMILES string of the molecule is COC(=O)[C@@H]1C[C@H](OC(=O)C[NH+](C)C)C(=O)C2[C@@]1(C)CC[C@H]1C(=O)O[C@H](c3ccoc3)C[C@]21C. The van der Waals surface area contributed by atoms with Gasteiger partial charge in [-0.3, -0.25) is 14.4 Å². The lowest BCUT2D eigenvalue weighted by molar-refractivity contribution is -0.850. The number of carbonyl (C=O) groups excluding carboxylic acids is 4. The van der Waals surface area contributed by atoms with E-state index in [1.54, 1.807) is 6.07 Å². The van der Waals surface area contributed by atoms with Crippen LogP contribution in [0.25, 0.3) is 0 Å². The number of methoxy groups -OCH3 is 1. The molecular weight excluding hydrogens is 442 g/mol. The molecule has 1 saturated heterocycles. The van der Waals surface area contributed by atoms with Crippen molar-refractivity contribution in [2.75, 3.05) is 27.7 Å². The van der Waals surface area contributed by atoms with Crippen molar-refractivity contribution < 1.29 is 42.7 Å². The van der Waals surface area contributed by atoms with Gasteiger partial charge in [-0.1, -0.05) is 13.8 Å². The van der Waals surface area contributed by atoms with Gasteiger partial charge in [-0.2, -0.15) is 0 Å². The van der Waals surface area contributed by atoms with Gasteiger partial charge in [0.2, 0.25) is 0 Å². The maximum atomic E-state index is 14.0. The number of rotatable bonds is 5. The van der Waals surface area contributed by atoms with Crippen LogP contribution in [-0.2, 0) is 33.4 Å². The first-order valence-electron chi connectivity index (χ1n) is 11.8. The quantitative estimate of drug-likeness (QED) is 0.497. The van der Waals surface area contributed by atoms with Gasteiger partial charge in [0.25, 0.3) is 0 Å². The number of ketones is 1. The number of Topliss-reactive ketones (excluding diaryl/α,β-unsaturated/α-hetero) is 1. The molecule has 4 rings (SSSR count). The van der Waals surface area contributed by atoms with Gasteiger partial charge in [-0.05, 0) is 36.2 Å². The molecule has 9 heteroatoms. The normalized spacial score (nSPS) is 37.4. The van der Waals surface area contributed by atoms with E-state index in [-0.39, 0.29) is 24.7 Å². The van der Waals surface area contributed by atoms with Crippen molar-refractivity contribution in [2.24, 2.45) is 28.6 Å². The largest absolute Gasteiger partial charge is 0.472 e. The average molecular weight is 477 g/mol. The molecule has 1 aliphatic heterocycles. The summed E-state index contributed by atoms with van der Waals surface area (Å²) in [6, 6.07) is 1.75. The summed E-state index contributed by atoms with van der Waals surface area (Å²) in [5.41, 5.74) is -0.792. The Balaban J connectivity index is 1.74. The fourth-order valence-corrected chi connectivity index (χ4v) is 6.75. The highest BCUT2D eigenvalue weighted by Gasteiger charge is 2.67. The molecule has 186 valence electrons. The molecule has 2 heterocycles. The van der Waals surface area contributed by atoms with Crippen molar-refractivity contribution >= 4 is 23.7 Å². The minimum absolute atomic E-state index is 0.0867. The van der Waals surface area contributed by atoms with E-state index in [1.165, 1.54) is 19.6 Å². The third-order valence-corrected chi connectivity index (χ3v) is 8.27. The topological polar surface area (TPSA) is 114 Å². The van der Waals surface area contributed by atoms with Crippen molar-refractivity contribution in [1.29, 1.82) is 0 Å². The zero-order valence-corrected chi connectivity index (χ0v) is 20.4. The van der Waals surface area contributed by atoms with Crippen molar-refractivity contribution in [2.45, 2.75) is 51.7 Å². The molecular formula is C25H34NO8+. The number of cyclic esters (lactones) is 1. The highest BCUT2D eigenvalue weighted by molar-refractivity contribution is 5.93. The van der Waals surface area contributed by atoms with E-state index in [2.05, 4.69) is 0 Å². The number of hydrogen-bond acceptors (Lipinski definition) is 8. The number of quaternary nitrogens is 1. The Morgan fingerprint density at radius 1 is 1.21 bits per heavy atom. The van der Waals surface area contributed by atoms with Crippen LogP contribution in [0, 0.1) is 28.6 Å². The summed E-state index contributed by atoms with van der Waals surface area (Å²) >= 11 is 0. The fraction of sp³-hybridized carbons (Fsp3) is 0.680. The van der Waals surface area contributed by atoms with E-state index in [9.17, 15) is 19.2 Å². The molecule has 1 aromatic heterocycles. The van der Waals surface area contributed by atoms with Gasteiger partial charge in [0.15, 0.2) is 18.4 Å². The van der Waals surface area contributed by atoms with Gasteiger partial charge >= 0.3 is 17.9 Å². The number of ether oxygens (including phenoxy) is 3. The molecule has 3 fully saturated rings. The van der Waals surface area contributed by atoms with Gasteiger partial charge in [-0.15, -0.1) is 0 Å². The predicted octanol–water partition coefficient (Wildman–Crippen LogP) is 1.12. The maximum absolute atomic E-state index is 14.0. The molecule has 9 nitrogen and oxygen atoms in total. The van der Waals surface area contributed by atoms with Gasteiger partial charge in [0, 0.05) is 17.9 Å². The van der Waals surface area contributed by atoms with Gasteiger partial charge < -0.3 is 23.5 Å². The lowest BCUT2D eigenvalue weighted by atomic mass is 9.43. The van der Waals surface area contributed by atoms with Crippen LogP contribution in [-0.4, -0.2) is 57.5 Å². The van der Waals surface area contributed by atoms with Crippen LogP contribution >= 0.6 is 0 Å². The van der Waals surface area contributed by atoms with Crippen LogP contribution in [0.15, 0.2) is 23.0 Å². The number of likely N-dealkylation sites (N-methyl/N-ethyl adjacent to an activating group) is 1. The molecule has 34 heavy (non-hydrogen) atoms. The van der Waals surface area contributed by atoms with E-state index in [4.69, 9.17) is 18.6 Å². The lowest BCUT2D eigenvalue weighted by Crippen LogP contribution is -3.06. The second-order valence-electron chi connectivity index (χ2n) is 10.8. The number of hydrogen-bond donors (Lipinski definition) is 1. The van der Waals surface area contributed by atoms with Crippen LogP contribution < -0.4 is 4.90 Å². The Morgan fingerprint density at radius 2 is 1.94 bits per heavy atom. The first kappa shape index (κ1) is 24.4. The molecule has 1 aromatic rings. The van der Waals surface area contributed by atoms with E-state index < -0.39 is 52.7 Å². The van der Waals surface area contributed by atoms with Crippen LogP contribution in [0.5, 0.6) is 0 Å². The Bertz CT molecular complexity index is 972. The second-order valence-corrected chi connectivity index (χ2v) is 10.8. The van der Waals surface area contributed by atoms with Gasteiger partial charge in [-0.25, -0.2) is 4.79 Å². The van der Waals surface area contributed by atoms with Gasteiger partial charge in [0.05, 0.1) is 45.6 Å². The Labute approximate surface area is 199 Å². The standard InChI is InChI=1S/C25H33NO8/c1-24-8-6-15-23(30)34-18(14-7-9-32-13-14)11-25(15,2)21(24)20(28)17(10-16(24)22(29)31-5)33-19(27)12-26(3)4/h7,9,13,15-18,21H,6,8,10-12H2,1-5H3/p+1/t15-,16-,17-,18-,21?,24-,25-/m0/s1. The molecule has 7 atom stereocenters. The van der Waals surface area contributed by atoms with Crippen LogP contribution in [0.3, 0.4) is 0 Å². The molecule has 2 aliphatic carbocycles. The minimum Gasteiger partial charge on any atom is -0.472 e. The molecule has 0 bridgehead atoms. The summed E-state index contributed by atoms with van der Waals surface area (Å²) in [7, 11) is 4.96. The van der Waals surface area contributed by atoms with Crippen molar-refractivity contribution in [3.63, 3.8) is 0 Å². The minimum atomic E-state index is -1.06. The predicted molar refractivity (Wildman–Crippen MR) is 117 cm³/mol. The highest BCUT2D eigenvalue weighted by atomic mass is 16.6. The van der Waals surface area contributed by atoms with E-state index in [0.29, 0.717) is 19.3 Å². The summed E-state index contributed by atoms with van der Waals surface area (Å²) in [4.78, 5) is 53.4. The van der Waals surface area contributed by atoms with Crippen LogP contribution in [0.1, 0.15) is 51.2 Å². The molecule has 3 aliphatic rings. The third-order valence-electron chi connectivity index (χ3n) is 8.27. The summed E-state index contributed by atoms with van der Waals surface area (Å²) < 4.78 is 21.7.